The molecule has 0 fully saturated rings. The molecule has 1 aromatic carbocycles. The van der Waals surface area contributed by atoms with Crippen molar-refractivity contribution in [3.05, 3.63) is 22.2 Å². The molecule has 11 heavy (non-hydrogen) atoms. The summed E-state index contributed by atoms with van der Waals surface area (Å²) < 4.78 is 9.41. The van der Waals surface area contributed by atoms with Gasteiger partial charge in [-0.3, -0.25) is 0 Å². The third-order valence-electron chi connectivity index (χ3n) is 1.61. The van der Waals surface area contributed by atoms with Gasteiger partial charge >= 0.3 is 0 Å². The Balaban J connectivity index is 2.93. The SMILES string of the molecule is Cc1c(Br)ccc2nsnc12. The Hall–Kier alpha value is -0.480. The van der Waals surface area contributed by atoms with Crippen LogP contribution >= 0.6 is 27.7 Å². The van der Waals surface area contributed by atoms with Crippen molar-refractivity contribution in [3.8, 4) is 0 Å². The van der Waals surface area contributed by atoms with Gasteiger partial charge in [0.15, 0.2) is 0 Å². The second-order valence-corrected chi connectivity index (χ2v) is 3.69. The summed E-state index contributed by atoms with van der Waals surface area (Å²) in [5, 5.41) is 0. The van der Waals surface area contributed by atoms with Crippen LogP contribution in [0.1, 0.15) is 5.56 Å². The highest BCUT2D eigenvalue weighted by Gasteiger charge is 2.03. The van der Waals surface area contributed by atoms with Crippen LogP contribution in [0.2, 0.25) is 0 Å². The minimum absolute atomic E-state index is 0.982. The highest BCUT2D eigenvalue weighted by Crippen LogP contribution is 2.23. The molecule has 0 saturated heterocycles. The Labute approximate surface area is 76.7 Å². The zero-order chi connectivity index (χ0) is 7.84. The van der Waals surface area contributed by atoms with E-state index < -0.39 is 0 Å². The van der Waals surface area contributed by atoms with E-state index in [-0.39, 0.29) is 0 Å². The minimum atomic E-state index is 0.982. The van der Waals surface area contributed by atoms with Crippen LogP contribution < -0.4 is 0 Å². The number of hydrogen-bond donors (Lipinski definition) is 0. The molecule has 0 unspecified atom stereocenters. The first kappa shape index (κ1) is 7.18. The number of nitrogens with zero attached hydrogens (tertiary/aromatic N) is 2. The predicted molar refractivity (Wildman–Crippen MR) is 49.9 cm³/mol. The Morgan fingerprint density at radius 1 is 1.36 bits per heavy atom. The smallest absolute Gasteiger partial charge is 0.108 e. The summed E-state index contributed by atoms with van der Waals surface area (Å²) in [6, 6.07) is 3.97. The van der Waals surface area contributed by atoms with Crippen molar-refractivity contribution in [2.45, 2.75) is 6.92 Å². The Morgan fingerprint density at radius 2 is 2.18 bits per heavy atom. The van der Waals surface area contributed by atoms with Gasteiger partial charge in [0, 0.05) is 4.47 Å². The third kappa shape index (κ3) is 1.06. The van der Waals surface area contributed by atoms with Gasteiger partial charge in [0.2, 0.25) is 0 Å². The summed E-state index contributed by atoms with van der Waals surface area (Å²) in [6.45, 7) is 2.04. The first-order valence-electron chi connectivity index (χ1n) is 3.16. The number of benzene rings is 1. The highest BCUT2D eigenvalue weighted by atomic mass is 79.9. The molecule has 0 atom stereocenters. The van der Waals surface area contributed by atoms with Crippen LogP contribution in [0.15, 0.2) is 16.6 Å². The zero-order valence-corrected chi connectivity index (χ0v) is 8.24. The van der Waals surface area contributed by atoms with Crippen LogP contribution in [-0.4, -0.2) is 8.75 Å². The summed E-state index contributed by atoms with van der Waals surface area (Å²) in [4.78, 5) is 0. The fraction of sp³-hybridized carbons (Fsp3) is 0.143. The van der Waals surface area contributed by atoms with Crippen molar-refractivity contribution in [1.29, 1.82) is 0 Å². The number of aromatic nitrogens is 2. The standard InChI is InChI=1S/C7H5BrN2S/c1-4-5(8)2-3-6-7(4)10-11-9-6/h2-3H,1H3. The lowest BCUT2D eigenvalue weighted by molar-refractivity contribution is 1.45. The van der Waals surface area contributed by atoms with Gasteiger partial charge in [-0.05, 0) is 24.6 Å². The molecule has 0 aliphatic heterocycles. The number of rotatable bonds is 0. The molecule has 0 amide bonds. The van der Waals surface area contributed by atoms with Crippen molar-refractivity contribution in [3.63, 3.8) is 0 Å². The topological polar surface area (TPSA) is 25.8 Å². The van der Waals surface area contributed by atoms with E-state index in [1.165, 1.54) is 11.7 Å². The van der Waals surface area contributed by atoms with Crippen LogP contribution in [0.25, 0.3) is 11.0 Å². The van der Waals surface area contributed by atoms with E-state index in [4.69, 9.17) is 0 Å². The molecular formula is C7H5BrN2S. The van der Waals surface area contributed by atoms with E-state index >= 15 is 0 Å². The number of halogens is 1. The van der Waals surface area contributed by atoms with Crippen LogP contribution in [-0.2, 0) is 0 Å². The van der Waals surface area contributed by atoms with Gasteiger partial charge in [-0.1, -0.05) is 15.9 Å². The van der Waals surface area contributed by atoms with E-state index in [0.717, 1.165) is 21.1 Å². The first-order chi connectivity index (χ1) is 5.29. The molecule has 0 N–H and O–H groups in total. The van der Waals surface area contributed by atoms with Gasteiger partial charge in [-0.2, -0.15) is 8.75 Å². The molecule has 0 saturated carbocycles. The lowest BCUT2D eigenvalue weighted by Gasteiger charge is -1.95. The zero-order valence-electron chi connectivity index (χ0n) is 5.84. The lowest BCUT2D eigenvalue weighted by Crippen LogP contribution is -1.77. The first-order valence-corrected chi connectivity index (χ1v) is 4.69. The summed E-state index contributed by atoms with van der Waals surface area (Å²) in [5.74, 6) is 0. The van der Waals surface area contributed by atoms with Gasteiger partial charge in [0.1, 0.15) is 11.0 Å². The van der Waals surface area contributed by atoms with Crippen molar-refractivity contribution >= 4 is 38.7 Å². The minimum Gasteiger partial charge on any atom is -0.173 e. The van der Waals surface area contributed by atoms with E-state index in [2.05, 4.69) is 24.7 Å². The maximum Gasteiger partial charge on any atom is 0.108 e. The molecule has 56 valence electrons. The van der Waals surface area contributed by atoms with Crippen molar-refractivity contribution < 1.29 is 0 Å². The molecule has 1 heterocycles. The molecular weight excluding hydrogens is 224 g/mol. The van der Waals surface area contributed by atoms with Crippen molar-refractivity contribution in [1.82, 2.24) is 8.75 Å². The van der Waals surface area contributed by atoms with Crippen LogP contribution in [0, 0.1) is 6.92 Å². The summed E-state index contributed by atoms with van der Waals surface area (Å²) >= 11 is 4.69. The van der Waals surface area contributed by atoms with E-state index in [9.17, 15) is 0 Å². The van der Waals surface area contributed by atoms with E-state index in [0.29, 0.717) is 0 Å². The fourth-order valence-electron chi connectivity index (χ4n) is 0.955. The average Bonchev–Trinajstić information content (AvgIpc) is 2.45. The maximum atomic E-state index is 4.18. The van der Waals surface area contributed by atoms with Crippen molar-refractivity contribution in [2.75, 3.05) is 0 Å². The molecule has 2 aromatic rings. The molecule has 0 aliphatic rings. The molecule has 1 aromatic heterocycles. The van der Waals surface area contributed by atoms with Crippen LogP contribution in [0.5, 0.6) is 0 Å². The number of hydrogen-bond acceptors (Lipinski definition) is 3. The molecule has 0 bridgehead atoms. The summed E-state index contributed by atoms with van der Waals surface area (Å²) in [6.07, 6.45) is 0. The maximum absolute atomic E-state index is 4.18. The second-order valence-electron chi connectivity index (χ2n) is 2.30. The normalized spacial score (nSPS) is 10.7. The number of fused-ring (bicyclic) bond motifs is 1. The van der Waals surface area contributed by atoms with E-state index in [1.54, 1.807) is 0 Å². The number of aryl methyl sites for hydroxylation is 1. The monoisotopic (exact) mass is 228 g/mol. The second kappa shape index (κ2) is 2.53. The fourth-order valence-corrected chi connectivity index (χ4v) is 1.86. The Morgan fingerprint density at radius 3 is 3.00 bits per heavy atom. The van der Waals surface area contributed by atoms with Gasteiger partial charge in [0.25, 0.3) is 0 Å². The average molecular weight is 229 g/mol. The molecule has 0 spiro atoms. The predicted octanol–water partition coefficient (Wildman–Crippen LogP) is 2.76. The Kier molecular flexibility index (Phi) is 1.65. The molecule has 2 rings (SSSR count). The van der Waals surface area contributed by atoms with Gasteiger partial charge in [0.05, 0.1) is 11.7 Å². The highest BCUT2D eigenvalue weighted by molar-refractivity contribution is 9.10. The van der Waals surface area contributed by atoms with Gasteiger partial charge in [-0.15, -0.1) is 0 Å². The molecule has 2 nitrogen and oxygen atoms in total. The van der Waals surface area contributed by atoms with E-state index in [1.807, 2.05) is 19.1 Å². The molecule has 0 aliphatic carbocycles. The van der Waals surface area contributed by atoms with Crippen LogP contribution in [0.3, 0.4) is 0 Å². The lowest BCUT2D eigenvalue weighted by atomic mass is 10.2. The summed E-state index contributed by atoms with van der Waals surface area (Å²) in [7, 11) is 0. The van der Waals surface area contributed by atoms with Crippen LogP contribution in [0.4, 0.5) is 0 Å². The largest absolute Gasteiger partial charge is 0.173 e. The summed E-state index contributed by atoms with van der Waals surface area (Å²) in [5.41, 5.74) is 3.15. The Bertz CT molecular complexity index is 396. The van der Waals surface area contributed by atoms with Crippen molar-refractivity contribution in [2.24, 2.45) is 0 Å². The van der Waals surface area contributed by atoms with Gasteiger partial charge < -0.3 is 0 Å². The molecule has 4 heteroatoms. The quantitative estimate of drug-likeness (QED) is 0.694. The molecule has 0 radical (unpaired) electrons. The van der Waals surface area contributed by atoms with Gasteiger partial charge in [-0.25, -0.2) is 0 Å². The third-order valence-corrected chi connectivity index (χ3v) is 3.02.